The molecule has 5 rings (SSSR count). The zero-order valence-corrected chi connectivity index (χ0v) is 19.0. The number of hydrogen-bond acceptors (Lipinski definition) is 5. The van der Waals surface area contributed by atoms with Crippen LogP contribution in [0.4, 0.5) is 20.4 Å². The number of benzene rings is 1. The average Bonchev–Trinajstić information content (AvgIpc) is 3.32. The number of halogens is 2. The Morgan fingerprint density at radius 1 is 1.21 bits per heavy atom. The van der Waals surface area contributed by atoms with Gasteiger partial charge in [0.2, 0.25) is 5.88 Å². The number of nitrogens with one attached hydrogen (secondary N) is 1. The Morgan fingerprint density at radius 3 is 2.79 bits per heavy atom. The van der Waals surface area contributed by atoms with Gasteiger partial charge in [-0.3, -0.25) is 4.79 Å². The molecule has 1 N–H and O–H groups in total. The second kappa shape index (κ2) is 8.89. The quantitative estimate of drug-likeness (QED) is 0.426. The van der Waals surface area contributed by atoms with Crippen molar-refractivity contribution in [2.45, 2.75) is 33.1 Å². The number of amides is 1. The molecule has 0 radical (unpaired) electrons. The fourth-order valence-electron chi connectivity index (χ4n) is 4.61. The number of nitrogens with zero attached hydrogens (tertiary/aromatic N) is 4. The summed E-state index contributed by atoms with van der Waals surface area (Å²) in [6, 6.07) is 6.81. The van der Waals surface area contributed by atoms with Gasteiger partial charge < -0.3 is 14.7 Å². The summed E-state index contributed by atoms with van der Waals surface area (Å²) in [5, 5.41) is 11.3. The number of aromatic nitrogens is 3. The van der Waals surface area contributed by atoms with E-state index in [1.807, 2.05) is 11.8 Å². The van der Waals surface area contributed by atoms with E-state index in [-0.39, 0.29) is 23.0 Å². The summed E-state index contributed by atoms with van der Waals surface area (Å²) in [6.07, 6.45) is 6.61. The van der Waals surface area contributed by atoms with Gasteiger partial charge in [-0.2, -0.15) is 5.10 Å². The minimum Gasteiger partial charge on any atom is -0.338 e. The first kappa shape index (κ1) is 22.1. The van der Waals surface area contributed by atoms with E-state index < -0.39 is 11.6 Å². The summed E-state index contributed by atoms with van der Waals surface area (Å²) in [4.78, 5) is 15.3. The minimum absolute atomic E-state index is 0.000297. The first-order valence-corrected chi connectivity index (χ1v) is 11.4. The molecule has 1 atom stereocenters. The lowest BCUT2D eigenvalue weighted by molar-refractivity contribution is 0.0744. The van der Waals surface area contributed by atoms with Crippen molar-refractivity contribution in [3.63, 3.8) is 0 Å². The third-order valence-corrected chi connectivity index (χ3v) is 6.34. The van der Waals surface area contributed by atoms with Crippen LogP contribution < -0.4 is 5.32 Å². The highest BCUT2D eigenvalue weighted by molar-refractivity contribution is 5.99. The van der Waals surface area contributed by atoms with Crippen LogP contribution in [0.2, 0.25) is 0 Å². The van der Waals surface area contributed by atoms with E-state index in [1.165, 1.54) is 24.3 Å². The Morgan fingerprint density at radius 2 is 2.00 bits per heavy atom. The van der Waals surface area contributed by atoms with E-state index in [2.05, 4.69) is 22.5 Å². The zero-order chi connectivity index (χ0) is 23.8. The number of rotatable bonds is 4. The Bertz CT molecular complexity index is 1340. The van der Waals surface area contributed by atoms with Crippen LogP contribution >= 0.6 is 0 Å². The lowest BCUT2D eigenvalue weighted by Gasteiger charge is -2.22. The van der Waals surface area contributed by atoms with Crippen LogP contribution in [0, 0.1) is 24.5 Å². The summed E-state index contributed by atoms with van der Waals surface area (Å²) >= 11 is 0. The van der Waals surface area contributed by atoms with Crippen LogP contribution in [0.1, 0.15) is 42.1 Å². The lowest BCUT2D eigenvalue weighted by Crippen LogP contribution is -2.34. The third kappa shape index (κ3) is 4.02. The first-order valence-electron chi connectivity index (χ1n) is 11.4. The predicted octanol–water partition coefficient (Wildman–Crippen LogP) is 5.58. The monoisotopic (exact) mass is 465 g/mol. The van der Waals surface area contributed by atoms with Crippen LogP contribution in [0.5, 0.6) is 0 Å². The molecule has 7 nitrogen and oxygen atoms in total. The van der Waals surface area contributed by atoms with Crippen molar-refractivity contribution in [3.8, 4) is 11.3 Å². The molecule has 1 fully saturated rings. The summed E-state index contributed by atoms with van der Waals surface area (Å²) in [5.74, 6) is -0.765. The standard InChI is InChI=1S/C25H25F2N5O2/c1-15-6-3-4-11-31(13-15)25(33)17-14-32-24(16(17)2)20(9-10-28-32)29-22-12-21(30-34-22)23-18(26)7-5-8-19(23)27/h5,7-10,12,14-15,29H,3-4,6,11,13H2,1-2H3/t15-/m1/s1. The summed E-state index contributed by atoms with van der Waals surface area (Å²) in [5.41, 5.74) is 2.52. The SMILES string of the molecule is Cc1c(C(=O)N2CCCC[C@@H](C)C2)cn2nccc(Nc3cc(-c4c(F)cccc4F)no3)c12. The van der Waals surface area contributed by atoms with Gasteiger partial charge in [0, 0.05) is 31.5 Å². The van der Waals surface area contributed by atoms with E-state index in [0.29, 0.717) is 22.7 Å². The number of carbonyl (C=O) groups is 1. The number of anilines is 2. The highest BCUT2D eigenvalue weighted by Gasteiger charge is 2.25. The summed E-state index contributed by atoms with van der Waals surface area (Å²) < 4.78 is 35.2. The van der Waals surface area contributed by atoms with Crippen LogP contribution in [-0.4, -0.2) is 38.7 Å². The molecule has 1 aliphatic rings. The van der Waals surface area contributed by atoms with Crippen LogP contribution in [-0.2, 0) is 0 Å². The number of fused-ring (bicyclic) bond motifs is 1. The van der Waals surface area contributed by atoms with Crippen molar-refractivity contribution in [1.82, 2.24) is 19.7 Å². The van der Waals surface area contributed by atoms with Gasteiger partial charge in [0.25, 0.3) is 5.91 Å². The van der Waals surface area contributed by atoms with Crippen molar-refractivity contribution in [1.29, 1.82) is 0 Å². The molecule has 1 aliphatic heterocycles. The van der Waals surface area contributed by atoms with Gasteiger partial charge in [-0.1, -0.05) is 24.6 Å². The third-order valence-electron chi connectivity index (χ3n) is 6.34. The van der Waals surface area contributed by atoms with Crippen LogP contribution in [0.15, 0.2) is 47.2 Å². The van der Waals surface area contributed by atoms with Gasteiger partial charge in [0.15, 0.2) is 0 Å². The largest absolute Gasteiger partial charge is 0.338 e. The lowest BCUT2D eigenvalue weighted by atomic mass is 10.1. The first-order chi connectivity index (χ1) is 16.4. The van der Waals surface area contributed by atoms with E-state index in [4.69, 9.17) is 4.52 Å². The van der Waals surface area contributed by atoms with Crippen LogP contribution in [0.25, 0.3) is 16.8 Å². The van der Waals surface area contributed by atoms with Crippen molar-refractivity contribution in [2.75, 3.05) is 18.4 Å². The second-order valence-corrected chi connectivity index (χ2v) is 8.86. The van der Waals surface area contributed by atoms with Gasteiger partial charge in [-0.05, 0) is 49.4 Å². The number of likely N-dealkylation sites (tertiary alicyclic amines) is 1. The fraction of sp³-hybridized carbons (Fsp3) is 0.320. The Balaban J connectivity index is 1.46. The Labute approximate surface area is 195 Å². The number of hydrogen-bond donors (Lipinski definition) is 1. The maximum atomic E-state index is 14.1. The van der Waals surface area contributed by atoms with E-state index in [9.17, 15) is 13.6 Å². The molecule has 1 aromatic carbocycles. The highest BCUT2D eigenvalue weighted by Crippen LogP contribution is 2.31. The van der Waals surface area contributed by atoms with Crippen molar-refractivity contribution in [3.05, 3.63) is 65.5 Å². The maximum Gasteiger partial charge on any atom is 0.255 e. The second-order valence-electron chi connectivity index (χ2n) is 8.86. The molecule has 0 saturated carbocycles. The van der Waals surface area contributed by atoms with Crippen molar-refractivity contribution >= 4 is 23.0 Å². The smallest absolute Gasteiger partial charge is 0.255 e. The molecule has 1 saturated heterocycles. The van der Waals surface area contributed by atoms with Gasteiger partial charge >= 0.3 is 0 Å². The molecular formula is C25H25F2N5O2. The highest BCUT2D eigenvalue weighted by atomic mass is 19.1. The average molecular weight is 466 g/mol. The molecule has 9 heteroatoms. The molecule has 4 heterocycles. The molecule has 1 amide bonds. The maximum absolute atomic E-state index is 14.1. The van der Waals surface area contributed by atoms with E-state index >= 15 is 0 Å². The number of aryl methyl sites for hydroxylation is 1. The summed E-state index contributed by atoms with van der Waals surface area (Å²) in [7, 11) is 0. The van der Waals surface area contributed by atoms with Gasteiger partial charge in [0.1, 0.15) is 17.3 Å². The molecule has 0 aliphatic carbocycles. The molecule has 176 valence electrons. The summed E-state index contributed by atoms with van der Waals surface area (Å²) in [6.45, 7) is 5.56. The van der Waals surface area contributed by atoms with Crippen molar-refractivity contribution in [2.24, 2.45) is 5.92 Å². The molecule has 0 unspecified atom stereocenters. The fourth-order valence-corrected chi connectivity index (χ4v) is 4.61. The number of carbonyl (C=O) groups excluding carboxylic acids is 1. The molecule has 0 spiro atoms. The molecule has 4 aromatic rings. The Hall–Kier alpha value is -3.75. The van der Waals surface area contributed by atoms with E-state index in [0.717, 1.165) is 37.9 Å². The molecule has 34 heavy (non-hydrogen) atoms. The van der Waals surface area contributed by atoms with Gasteiger partial charge in [-0.25, -0.2) is 13.3 Å². The predicted molar refractivity (Wildman–Crippen MR) is 124 cm³/mol. The van der Waals surface area contributed by atoms with Gasteiger partial charge in [0.05, 0.1) is 22.3 Å². The van der Waals surface area contributed by atoms with Gasteiger partial charge in [-0.15, -0.1) is 0 Å². The zero-order valence-electron chi connectivity index (χ0n) is 19.0. The van der Waals surface area contributed by atoms with E-state index in [1.54, 1.807) is 23.0 Å². The molecule has 3 aromatic heterocycles. The molecule has 0 bridgehead atoms. The van der Waals surface area contributed by atoms with Crippen molar-refractivity contribution < 1.29 is 18.1 Å². The normalized spacial score (nSPS) is 16.6. The minimum atomic E-state index is -0.723. The molecular weight excluding hydrogens is 440 g/mol. The van der Waals surface area contributed by atoms with Crippen LogP contribution in [0.3, 0.4) is 0 Å². The Kier molecular flexibility index (Phi) is 5.77. The topological polar surface area (TPSA) is 75.7 Å².